The van der Waals surface area contributed by atoms with E-state index in [1.165, 1.54) is 36.8 Å². The van der Waals surface area contributed by atoms with E-state index < -0.39 is 0 Å². The summed E-state index contributed by atoms with van der Waals surface area (Å²) in [7, 11) is 0. The van der Waals surface area contributed by atoms with Gasteiger partial charge in [-0.25, -0.2) is 0 Å². The molecule has 0 bridgehead atoms. The van der Waals surface area contributed by atoms with Crippen LogP contribution in [0, 0.1) is 24.2 Å². The van der Waals surface area contributed by atoms with Crippen LogP contribution in [0.3, 0.4) is 0 Å². The molecule has 2 rings (SSSR count). The van der Waals surface area contributed by atoms with Gasteiger partial charge >= 0.3 is 0 Å². The van der Waals surface area contributed by atoms with Gasteiger partial charge in [0.05, 0.1) is 12.0 Å². The van der Waals surface area contributed by atoms with Crippen LogP contribution < -0.4 is 0 Å². The molecule has 1 nitrogen and oxygen atoms in total. The third-order valence-corrected chi connectivity index (χ3v) is 3.69. The molecule has 84 valence electrons. The molecule has 1 saturated carbocycles. The second-order valence-corrected chi connectivity index (χ2v) is 4.89. The van der Waals surface area contributed by atoms with Crippen LogP contribution in [0.25, 0.3) is 0 Å². The summed E-state index contributed by atoms with van der Waals surface area (Å²) in [6.45, 7) is 2.11. The van der Waals surface area contributed by atoms with Crippen LogP contribution in [-0.2, 0) is 0 Å². The van der Waals surface area contributed by atoms with Gasteiger partial charge in [0.25, 0.3) is 0 Å². The molecule has 16 heavy (non-hydrogen) atoms. The zero-order chi connectivity index (χ0) is 11.4. The van der Waals surface area contributed by atoms with Gasteiger partial charge in [0.2, 0.25) is 0 Å². The third-order valence-electron chi connectivity index (χ3n) is 3.69. The molecule has 0 aromatic heterocycles. The lowest BCUT2D eigenvalue weighted by Gasteiger charge is -2.19. The molecular formula is C15H19N. The van der Waals surface area contributed by atoms with E-state index in [4.69, 9.17) is 0 Å². The SMILES string of the molecule is Cc1ccc(C2CCCCCC2C#N)cc1. The molecule has 1 aliphatic carbocycles. The molecule has 2 unspecified atom stereocenters. The second-order valence-electron chi connectivity index (χ2n) is 4.89. The number of hydrogen-bond donors (Lipinski definition) is 0. The summed E-state index contributed by atoms with van der Waals surface area (Å²) in [5, 5.41) is 9.25. The minimum absolute atomic E-state index is 0.227. The van der Waals surface area contributed by atoms with E-state index in [1.54, 1.807) is 0 Å². The molecule has 2 atom stereocenters. The van der Waals surface area contributed by atoms with Gasteiger partial charge in [-0.1, -0.05) is 49.1 Å². The highest BCUT2D eigenvalue weighted by Crippen LogP contribution is 2.36. The minimum Gasteiger partial charge on any atom is -0.198 e. The molecule has 0 radical (unpaired) electrons. The van der Waals surface area contributed by atoms with Gasteiger partial charge < -0.3 is 0 Å². The van der Waals surface area contributed by atoms with Crippen LogP contribution in [0.1, 0.15) is 49.1 Å². The Morgan fingerprint density at radius 1 is 1.06 bits per heavy atom. The lowest BCUT2D eigenvalue weighted by Crippen LogP contribution is -2.09. The fraction of sp³-hybridized carbons (Fsp3) is 0.533. The number of nitriles is 1. The smallest absolute Gasteiger partial charge is 0.0662 e. The molecule has 0 amide bonds. The number of nitrogens with zero attached hydrogens (tertiary/aromatic N) is 1. The minimum atomic E-state index is 0.227. The number of aryl methyl sites for hydroxylation is 1. The Balaban J connectivity index is 2.22. The summed E-state index contributed by atoms with van der Waals surface area (Å²) >= 11 is 0. The fourth-order valence-corrected chi connectivity index (χ4v) is 2.67. The Morgan fingerprint density at radius 3 is 2.44 bits per heavy atom. The van der Waals surface area contributed by atoms with Crippen LogP contribution in [0.2, 0.25) is 0 Å². The zero-order valence-electron chi connectivity index (χ0n) is 9.95. The predicted molar refractivity (Wildman–Crippen MR) is 66.1 cm³/mol. The lowest BCUT2D eigenvalue weighted by atomic mass is 9.83. The molecule has 1 fully saturated rings. The van der Waals surface area contributed by atoms with Crippen molar-refractivity contribution in [3.05, 3.63) is 35.4 Å². The fourth-order valence-electron chi connectivity index (χ4n) is 2.67. The Hall–Kier alpha value is -1.29. The van der Waals surface area contributed by atoms with Crippen molar-refractivity contribution in [2.75, 3.05) is 0 Å². The van der Waals surface area contributed by atoms with Crippen LogP contribution in [0.5, 0.6) is 0 Å². The highest BCUT2D eigenvalue weighted by atomic mass is 14.3. The monoisotopic (exact) mass is 213 g/mol. The third kappa shape index (κ3) is 2.44. The van der Waals surface area contributed by atoms with Crippen LogP contribution in [0.4, 0.5) is 0 Å². The van der Waals surface area contributed by atoms with Crippen molar-refractivity contribution in [3.8, 4) is 6.07 Å². The number of rotatable bonds is 1. The Bertz CT molecular complexity index is 371. The topological polar surface area (TPSA) is 23.8 Å². The summed E-state index contributed by atoms with van der Waals surface area (Å²) in [5.41, 5.74) is 2.66. The lowest BCUT2D eigenvalue weighted by molar-refractivity contribution is 0.490. The Kier molecular flexibility index (Phi) is 3.62. The highest BCUT2D eigenvalue weighted by Gasteiger charge is 2.24. The number of benzene rings is 1. The molecule has 0 saturated heterocycles. The Labute approximate surface area is 98.1 Å². The molecule has 0 heterocycles. The first-order valence-electron chi connectivity index (χ1n) is 6.27. The van der Waals surface area contributed by atoms with Gasteiger partial charge in [-0.3, -0.25) is 0 Å². The molecule has 0 spiro atoms. The van der Waals surface area contributed by atoms with Gasteiger partial charge in [-0.05, 0) is 31.2 Å². The maximum atomic E-state index is 9.25. The first-order valence-corrected chi connectivity index (χ1v) is 6.27. The van der Waals surface area contributed by atoms with E-state index >= 15 is 0 Å². The standard InChI is InChI=1S/C15H19N/c1-12-7-9-13(10-8-12)15-6-4-2-3-5-14(15)11-16/h7-10,14-15H,2-6H2,1H3. The molecule has 1 heteroatoms. The normalized spacial score (nSPS) is 25.8. The van der Waals surface area contributed by atoms with E-state index in [-0.39, 0.29) is 5.92 Å². The number of hydrogen-bond acceptors (Lipinski definition) is 1. The van der Waals surface area contributed by atoms with Gasteiger partial charge in [-0.2, -0.15) is 5.26 Å². The largest absolute Gasteiger partial charge is 0.198 e. The van der Waals surface area contributed by atoms with Crippen molar-refractivity contribution >= 4 is 0 Å². The van der Waals surface area contributed by atoms with Crippen molar-refractivity contribution in [1.82, 2.24) is 0 Å². The van der Waals surface area contributed by atoms with Gasteiger partial charge in [0.1, 0.15) is 0 Å². The summed E-state index contributed by atoms with van der Waals surface area (Å²) in [4.78, 5) is 0. The van der Waals surface area contributed by atoms with Crippen molar-refractivity contribution in [2.24, 2.45) is 5.92 Å². The summed E-state index contributed by atoms with van der Waals surface area (Å²) in [6.07, 6.45) is 6.05. The van der Waals surface area contributed by atoms with Gasteiger partial charge in [0.15, 0.2) is 0 Å². The van der Waals surface area contributed by atoms with Crippen LogP contribution in [0.15, 0.2) is 24.3 Å². The maximum absolute atomic E-state index is 9.25. The van der Waals surface area contributed by atoms with E-state index in [0.717, 1.165) is 6.42 Å². The van der Waals surface area contributed by atoms with Crippen LogP contribution >= 0.6 is 0 Å². The molecule has 1 aliphatic rings. The molecule has 0 aliphatic heterocycles. The van der Waals surface area contributed by atoms with E-state index in [1.807, 2.05) is 0 Å². The molecule has 1 aromatic rings. The average molecular weight is 213 g/mol. The van der Waals surface area contributed by atoms with Crippen LogP contribution in [-0.4, -0.2) is 0 Å². The average Bonchev–Trinajstić information content (AvgIpc) is 2.55. The second kappa shape index (κ2) is 5.16. The van der Waals surface area contributed by atoms with Crippen molar-refractivity contribution < 1.29 is 0 Å². The summed E-state index contributed by atoms with van der Waals surface area (Å²) < 4.78 is 0. The Morgan fingerprint density at radius 2 is 1.75 bits per heavy atom. The first-order chi connectivity index (χ1) is 7.81. The van der Waals surface area contributed by atoms with Crippen molar-refractivity contribution in [3.63, 3.8) is 0 Å². The summed E-state index contributed by atoms with van der Waals surface area (Å²) in [6, 6.07) is 11.2. The predicted octanol–water partition coefficient (Wildman–Crippen LogP) is 4.18. The molecule has 1 aromatic carbocycles. The van der Waals surface area contributed by atoms with Crippen molar-refractivity contribution in [1.29, 1.82) is 5.26 Å². The van der Waals surface area contributed by atoms with E-state index in [9.17, 15) is 5.26 Å². The van der Waals surface area contributed by atoms with E-state index in [2.05, 4.69) is 37.3 Å². The van der Waals surface area contributed by atoms with Gasteiger partial charge in [0, 0.05) is 0 Å². The highest BCUT2D eigenvalue weighted by molar-refractivity contribution is 5.26. The zero-order valence-corrected chi connectivity index (χ0v) is 9.95. The molecule has 0 N–H and O–H groups in total. The van der Waals surface area contributed by atoms with Crippen molar-refractivity contribution in [2.45, 2.75) is 44.9 Å². The molecular weight excluding hydrogens is 194 g/mol. The summed E-state index contributed by atoms with van der Waals surface area (Å²) in [5.74, 6) is 0.693. The van der Waals surface area contributed by atoms with E-state index in [0.29, 0.717) is 5.92 Å². The first kappa shape index (κ1) is 11.2. The van der Waals surface area contributed by atoms with Gasteiger partial charge in [-0.15, -0.1) is 0 Å². The maximum Gasteiger partial charge on any atom is 0.0662 e. The quantitative estimate of drug-likeness (QED) is 0.642.